The first-order valence-corrected chi connectivity index (χ1v) is 7.25. The highest BCUT2D eigenvalue weighted by molar-refractivity contribution is 5.79. The fraction of sp³-hybridized carbons (Fsp3) is 0.929. The maximum atomic E-state index is 12.5. The third-order valence-electron chi connectivity index (χ3n) is 4.34. The van der Waals surface area contributed by atoms with Crippen LogP contribution in [0.15, 0.2) is 0 Å². The van der Waals surface area contributed by atoms with Crippen LogP contribution < -0.4 is 5.73 Å². The average Bonchev–Trinajstić information content (AvgIpc) is 3.24. The zero-order valence-electron chi connectivity index (χ0n) is 11.4. The summed E-state index contributed by atoms with van der Waals surface area (Å²) in [7, 11) is 1.70. The summed E-state index contributed by atoms with van der Waals surface area (Å²) in [4.78, 5) is 14.6. The molecule has 0 heterocycles. The Balaban J connectivity index is 1.84. The van der Waals surface area contributed by atoms with Gasteiger partial charge >= 0.3 is 0 Å². The number of amides is 1. The third kappa shape index (κ3) is 3.45. The van der Waals surface area contributed by atoms with Gasteiger partial charge in [-0.25, -0.2) is 0 Å². The van der Waals surface area contributed by atoms with Crippen molar-refractivity contribution in [1.29, 1.82) is 0 Å². The summed E-state index contributed by atoms with van der Waals surface area (Å²) in [6.45, 7) is 2.19. The van der Waals surface area contributed by atoms with Gasteiger partial charge in [-0.15, -0.1) is 0 Å². The third-order valence-corrected chi connectivity index (χ3v) is 4.34. The molecule has 2 N–H and O–H groups in total. The summed E-state index contributed by atoms with van der Waals surface area (Å²) in [5.41, 5.74) is 5.70. The summed E-state index contributed by atoms with van der Waals surface area (Å²) in [6.07, 6.45) is 6.64. The van der Waals surface area contributed by atoms with Gasteiger partial charge in [0.1, 0.15) is 0 Å². The summed E-state index contributed by atoms with van der Waals surface area (Å²) < 4.78 is 5.11. The zero-order valence-corrected chi connectivity index (χ0v) is 11.4. The summed E-state index contributed by atoms with van der Waals surface area (Å²) in [5, 5.41) is 0. The van der Waals surface area contributed by atoms with Crippen molar-refractivity contribution in [2.45, 2.75) is 44.6 Å². The predicted molar refractivity (Wildman–Crippen MR) is 71.1 cm³/mol. The second-order valence-corrected chi connectivity index (χ2v) is 5.71. The van der Waals surface area contributed by atoms with Crippen LogP contribution in [-0.4, -0.2) is 43.7 Å². The van der Waals surface area contributed by atoms with Crippen molar-refractivity contribution in [1.82, 2.24) is 4.90 Å². The van der Waals surface area contributed by atoms with E-state index in [9.17, 15) is 4.79 Å². The van der Waals surface area contributed by atoms with Gasteiger partial charge in [-0.2, -0.15) is 0 Å². The number of rotatable bonds is 6. The van der Waals surface area contributed by atoms with Crippen LogP contribution in [0.5, 0.6) is 0 Å². The normalized spacial score (nSPS) is 28.1. The monoisotopic (exact) mass is 254 g/mol. The number of hydrogen-bond donors (Lipinski definition) is 1. The lowest BCUT2D eigenvalue weighted by Crippen LogP contribution is -2.41. The molecule has 2 aliphatic carbocycles. The van der Waals surface area contributed by atoms with E-state index in [-0.39, 0.29) is 5.92 Å². The van der Waals surface area contributed by atoms with Crippen molar-refractivity contribution in [3.63, 3.8) is 0 Å². The minimum atomic E-state index is 0.241. The van der Waals surface area contributed by atoms with Gasteiger partial charge in [0.25, 0.3) is 0 Å². The van der Waals surface area contributed by atoms with Crippen molar-refractivity contribution >= 4 is 5.91 Å². The molecule has 2 fully saturated rings. The first-order chi connectivity index (χ1) is 8.76. The van der Waals surface area contributed by atoms with E-state index in [2.05, 4.69) is 4.90 Å². The first-order valence-electron chi connectivity index (χ1n) is 7.25. The van der Waals surface area contributed by atoms with Gasteiger partial charge < -0.3 is 15.4 Å². The molecule has 18 heavy (non-hydrogen) atoms. The number of carbonyl (C=O) groups excluding carboxylic acids is 1. The minimum absolute atomic E-state index is 0.241. The second-order valence-electron chi connectivity index (χ2n) is 5.71. The largest absolute Gasteiger partial charge is 0.383 e. The van der Waals surface area contributed by atoms with Gasteiger partial charge in [-0.05, 0) is 51.0 Å². The van der Waals surface area contributed by atoms with Crippen molar-refractivity contribution in [3.05, 3.63) is 0 Å². The second kappa shape index (κ2) is 6.53. The lowest BCUT2D eigenvalue weighted by atomic mass is 9.81. The van der Waals surface area contributed by atoms with Crippen LogP contribution in [0.25, 0.3) is 0 Å². The molecule has 0 bridgehead atoms. The summed E-state index contributed by atoms with van der Waals surface area (Å²) >= 11 is 0. The molecule has 0 atom stereocenters. The van der Waals surface area contributed by atoms with Gasteiger partial charge in [0.2, 0.25) is 5.91 Å². The quantitative estimate of drug-likeness (QED) is 0.779. The van der Waals surface area contributed by atoms with Crippen LogP contribution in [0.1, 0.15) is 38.5 Å². The Hall–Kier alpha value is -0.610. The van der Waals surface area contributed by atoms with Crippen LogP contribution in [-0.2, 0) is 9.53 Å². The lowest BCUT2D eigenvalue weighted by Gasteiger charge is -2.31. The molecule has 0 saturated heterocycles. The Labute approximate surface area is 110 Å². The van der Waals surface area contributed by atoms with Crippen LogP contribution >= 0.6 is 0 Å². The Bertz CT molecular complexity index is 271. The fourth-order valence-corrected chi connectivity index (χ4v) is 2.93. The zero-order chi connectivity index (χ0) is 13.0. The van der Waals surface area contributed by atoms with Gasteiger partial charge in [-0.1, -0.05) is 0 Å². The molecule has 4 heteroatoms. The maximum Gasteiger partial charge on any atom is 0.226 e. The van der Waals surface area contributed by atoms with Gasteiger partial charge in [0.15, 0.2) is 0 Å². The van der Waals surface area contributed by atoms with Crippen LogP contribution in [0.3, 0.4) is 0 Å². The van der Waals surface area contributed by atoms with Crippen molar-refractivity contribution < 1.29 is 9.53 Å². The van der Waals surface area contributed by atoms with E-state index in [1.54, 1.807) is 7.11 Å². The number of hydrogen-bond acceptors (Lipinski definition) is 3. The molecule has 4 nitrogen and oxygen atoms in total. The Kier molecular flexibility index (Phi) is 5.01. The molecule has 0 aromatic heterocycles. The molecule has 0 spiro atoms. The van der Waals surface area contributed by atoms with Crippen LogP contribution in [0.2, 0.25) is 0 Å². The molecule has 0 unspecified atom stereocenters. The van der Waals surface area contributed by atoms with Crippen molar-refractivity contribution in [2.75, 3.05) is 26.8 Å². The average molecular weight is 254 g/mol. The van der Waals surface area contributed by atoms with Crippen LogP contribution in [0.4, 0.5) is 0 Å². The van der Waals surface area contributed by atoms with E-state index >= 15 is 0 Å². The molecule has 2 saturated carbocycles. The number of nitrogens with zero attached hydrogens (tertiary/aromatic N) is 1. The Morgan fingerprint density at radius 1 is 1.22 bits per heavy atom. The topological polar surface area (TPSA) is 55.6 Å². The van der Waals surface area contributed by atoms with Gasteiger partial charge in [-0.3, -0.25) is 4.79 Å². The maximum absolute atomic E-state index is 12.5. The van der Waals surface area contributed by atoms with Crippen molar-refractivity contribution in [3.8, 4) is 0 Å². The molecule has 2 rings (SSSR count). The van der Waals surface area contributed by atoms with E-state index in [0.29, 0.717) is 24.5 Å². The molecule has 0 aliphatic heterocycles. The van der Waals surface area contributed by atoms with Gasteiger partial charge in [0.05, 0.1) is 6.61 Å². The molecule has 1 amide bonds. The molecule has 0 aromatic carbocycles. The lowest BCUT2D eigenvalue weighted by molar-refractivity contribution is -0.138. The molecular weight excluding hydrogens is 228 g/mol. The fourth-order valence-electron chi connectivity index (χ4n) is 2.93. The highest BCUT2D eigenvalue weighted by Gasteiger charge is 2.36. The van der Waals surface area contributed by atoms with Crippen molar-refractivity contribution in [2.24, 2.45) is 17.6 Å². The molecule has 2 aliphatic rings. The minimum Gasteiger partial charge on any atom is -0.383 e. The predicted octanol–water partition coefficient (Wildman–Crippen LogP) is 1.39. The number of methoxy groups -OCH3 is 1. The van der Waals surface area contributed by atoms with E-state index in [0.717, 1.165) is 38.8 Å². The number of carbonyl (C=O) groups is 1. The smallest absolute Gasteiger partial charge is 0.226 e. The van der Waals surface area contributed by atoms with E-state index in [1.807, 2.05) is 0 Å². The SMILES string of the molecule is COCCN(C(=O)C1CCC(CN)CC1)C1CC1. The highest BCUT2D eigenvalue weighted by Crippen LogP contribution is 2.33. The van der Waals surface area contributed by atoms with Crippen LogP contribution in [0, 0.1) is 11.8 Å². The number of ether oxygens (including phenoxy) is 1. The first kappa shape index (κ1) is 13.8. The standard InChI is InChI=1S/C14H26N2O2/c1-18-9-8-16(13-6-7-13)14(17)12-4-2-11(10-15)3-5-12/h11-13H,2-10,15H2,1H3. The molecule has 0 radical (unpaired) electrons. The van der Waals surface area contributed by atoms with E-state index in [4.69, 9.17) is 10.5 Å². The van der Waals surface area contributed by atoms with E-state index in [1.165, 1.54) is 12.8 Å². The number of nitrogens with two attached hydrogens (primary N) is 1. The summed E-state index contributed by atoms with van der Waals surface area (Å²) in [6, 6.07) is 0.500. The molecule has 0 aromatic rings. The summed E-state index contributed by atoms with van der Waals surface area (Å²) in [5.74, 6) is 1.25. The highest BCUT2D eigenvalue weighted by atomic mass is 16.5. The Morgan fingerprint density at radius 3 is 2.39 bits per heavy atom. The Morgan fingerprint density at radius 2 is 1.89 bits per heavy atom. The molecular formula is C14H26N2O2. The van der Waals surface area contributed by atoms with Gasteiger partial charge in [0, 0.05) is 25.6 Å². The van der Waals surface area contributed by atoms with E-state index < -0.39 is 0 Å². The molecule has 104 valence electrons.